The standard InChI is InChI=1S/C5H16O4Si2/c1-6-10(7-2)11(5,8-3)9-4/h10H,1-5H3. The summed E-state index contributed by atoms with van der Waals surface area (Å²) in [5, 5.41) is 0. The Labute approximate surface area is 70.3 Å². The van der Waals surface area contributed by atoms with Crippen LogP contribution in [0, 0.1) is 0 Å². The van der Waals surface area contributed by atoms with Gasteiger partial charge in [-0.1, -0.05) is 0 Å². The number of hydrogen-bond acceptors (Lipinski definition) is 4. The van der Waals surface area contributed by atoms with E-state index in [2.05, 4.69) is 0 Å². The molecule has 0 fully saturated rings. The predicted octanol–water partition coefficient (Wildman–Crippen LogP) is -0.0571. The summed E-state index contributed by atoms with van der Waals surface area (Å²) >= 11 is 0. The molecule has 0 aliphatic carbocycles. The van der Waals surface area contributed by atoms with E-state index in [0.717, 1.165) is 0 Å². The quantitative estimate of drug-likeness (QED) is 0.578. The molecular weight excluding hydrogens is 180 g/mol. The van der Waals surface area contributed by atoms with E-state index in [1.807, 2.05) is 6.55 Å². The van der Waals surface area contributed by atoms with Crippen LogP contribution in [0.2, 0.25) is 6.55 Å². The lowest BCUT2D eigenvalue weighted by Gasteiger charge is -2.27. The fourth-order valence-electron chi connectivity index (χ4n) is 0.800. The molecule has 6 heteroatoms. The van der Waals surface area contributed by atoms with Crippen LogP contribution < -0.4 is 0 Å². The summed E-state index contributed by atoms with van der Waals surface area (Å²) in [7, 11) is 2.66. The third kappa shape index (κ3) is 2.66. The van der Waals surface area contributed by atoms with Crippen LogP contribution >= 0.6 is 0 Å². The normalized spacial score (nSPS) is 12.5. The zero-order chi connectivity index (χ0) is 8.91. The van der Waals surface area contributed by atoms with Crippen LogP contribution in [0.4, 0.5) is 0 Å². The van der Waals surface area contributed by atoms with E-state index in [0.29, 0.717) is 0 Å². The average molecular weight is 196 g/mol. The molecule has 0 spiro atoms. The molecule has 0 unspecified atom stereocenters. The maximum Gasteiger partial charge on any atom is 0.376 e. The molecule has 0 rings (SSSR count). The first kappa shape index (κ1) is 11.3. The molecule has 0 aliphatic heterocycles. The average Bonchev–Trinajstić information content (AvgIpc) is 2.06. The molecule has 0 radical (unpaired) electrons. The fraction of sp³-hybridized carbons (Fsp3) is 1.00. The van der Waals surface area contributed by atoms with Gasteiger partial charge < -0.3 is 17.7 Å². The van der Waals surface area contributed by atoms with Gasteiger partial charge in [0, 0.05) is 28.4 Å². The molecule has 0 saturated heterocycles. The maximum absolute atomic E-state index is 5.26. The summed E-state index contributed by atoms with van der Waals surface area (Å²) < 4.78 is 20.9. The summed E-state index contributed by atoms with van der Waals surface area (Å²) in [5.41, 5.74) is 0. The Morgan fingerprint density at radius 1 is 0.909 bits per heavy atom. The highest BCUT2D eigenvalue weighted by atomic mass is 29.3. The van der Waals surface area contributed by atoms with Crippen molar-refractivity contribution in [1.29, 1.82) is 0 Å². The van der Waals surface area contributed by atoms with Gasteiger partial charge in [0.05, 0.1) is 0 Å². The first-order valence-corrected chi connectivity index (χ1v) is 8.37. The lowest BCUT2D eigenvalue weighted by molar-refractivity contribution is 0.225. The van der Waals surface area contributed by atoms with Crippen molar-refractivity contribution >= 4 is 16.9 Å². The fourth-order valence-corrected chi connectivity index (χ4v) is 6.12. The molecule has 0 bridgehead atoms. The van der Waals surface area contributed by atoms with Gasteiger partial charge in [-0.3, -0.25) is 0 Å². The van der Waals surface area contributed by atoms with Crippen molar-refractivity contribution in [3.05, 3.63) is 0 Å². The van der Waals surface area contributed by atoms with Crippen molar-refractivity contribution in [2.24, 2.45) is 0 Å². The minimum Gasteiger partial charge on any atom is -0.399 e. The molecule has 0 atom stereocenters. The largest absolute Gasteiger partial charge is 0.399 e. The third-order valence-corrected chi connectivity index (χ3v) is 10.4. The SMILES string of the molecule is CO[SiH](OC)[Si](C)(OC)OC. The minimum absolute atomic E-state index is 1.63. The molecular formula is C5H16O4Si2. The minimum atomic E-state index is -2.13. The first-order valence-electron chi connectivity index (χ1n) is 3.30. The van der Waals surface area contributed by atoms with Crippen molar-refractivity contribution in [2.45, 2.75) is 6.55 Å². The van der Waals surface area contributed by atoms with E-state index in [1.54, 1.807) is 28.4 Å². The summed E-state index contributed by atoms with van der Waals surface area (Å²) in [6.45, 7) is 1.94. The van der Waals surface area contributed by atoms with Gasteiger partial charge in [0.2, 0.25) is 0 Å². The monoisotopic (exact) mass is 196 g/mol. The van der Waals surface area contributed by atoms with Crippen molar-refractivity contribution in [2.75, 3.05) is 28.4 Å². The smallest absolute Gasteiger partial charge is 0.376 e. The lowest BCUT2D eigenvalue weighted by atomic mass is 11.8. The highest BCUT2D eigenvalue weighted by molar-refractivity contribution is 7.21. The van der Waals surface area contributed by atoms with E-state index in [-0.39, 0.29) is 0 Å². The highest BCUT2D eigenvalue weighted by Gasteiger charge is 2.43. The van der Waals surface area contributed by atoms with E-state index < -0.39 is 16.9 Å². The Morgan fingerprint density at radius 3 is 1.36 bits per heavy atom. The van der Waals surface area contributed by atoms with Gasteiger partial charge in [-0.25, -0.2) is 0 Å². The molecule has 0 aromatic heterocycles. The summed E-state index contributed by atoms with van der Waals surface area (Å²) in [6.07, 6.45) is 0. The Bertz CT molecular complexity index is 103. The molecule has 11 heavy (non-hydrogen) atoms. The third-order valence-electron chi connectivity index (χ3n) is 1.67. The molecule has 4 nitrogen and oxygen atoms in total. The van der Waals surface area contributed by atoms with Gasteiger partial charge in [0.1, 0.15) is 0 Å². The van der Waals surface area contributed by atoms with E-state index in [9.17, 15) is 0 Å². The predicted molar refractivity (Wildman–Crippen MR) is 46.8 cm³/mol. The van der Waals surface area contributed by atoms with Crippen LogP contribution in [0.25, 0.3) is 0 Å². The van der Waals surface area contributed by atoms with Crippen LogP contribution in [0.5, 0.6) is 0 Å². The molecule has 0 aliphatic rings. The lowest BCUT2D eigenvalue weighted by Crippen LogP contribution is -2.55. The number of hydrogen-bond donors (Lipinski definition) is 0. The van der Waals surface area contributed by atoms with E-state index >= 15 is 0 Å². The summed E-state index contributed by atoms with van der Waals surface area (Å²) in [4.78, 5) is 0. The van der Waals surface area contributed by atoms with E-state index in [4.69, 9.17) is 17.7 Å². The van der Waals surface area contributed by atoms with Gasteiger partial charge in [0.15, 0.2) is 0 Å². The van der Waals surface area contributed by atoms with Crippen LogP contribution in [0.3, 0.4) is 0 Å². The second-order valence-corrected chi connectivity index (χ2v) is 11.2. The van der Waals surface area contributed by atoms with Crippen molar-refractivity contribution in [3.8, 4) is 0 Å². The number of rotatable bonds is 5. The van der Waals surface area contributed by atoms with Crippen molar-refractivity contribution in [3.63, 3.8) is 0 Å². The second kappa shape index (κ2) is 5.01. The van der Waals surface area contributed by atoms with Gasteiger partial charge >= 0.3 is 16.9 Å². The topological polar surface area (TPSA) is 36.9 Å². The molecule has 0 saturated carbocycles. The Balaban J connectivity index is 4.19. The molecule has 0 N–H and O–H groups in total. The van der Waals surface area contributed by atoms with Crippen LogP contribution in [-0.2, 0) is 17.7 Å². The Morgan fingerprint density at radius 2 is 1.27 bits per heavy atom. The van der Waals surface area contributed by atoms with Crippen LogP contribution in [0.1, 0.15) is 0 Å². The van der Waals surface area contributed by atoms with Crippen LogP contribution in [0.15, 0.2) is 0 Å². The van der Waals surface area contributed by atoms with Gasteiger partial charge in [-0.15, -0.1) is 0 Å². The van der Waals surface area contributed by atoms with Crippen molar-refractivity contribution in [1.82, 2.24) is 0 Å². The Kier molecular flexibility index (Phi) is 5.14. The van der Waals surface area contributed by atoms with Crippen LogP contribution in [-0.4, -0.2) is 45.3 Å². The highest BCUT2D eigenvalue weighted by Crippen LogP contribution is 2.09. The first-order chi connectivity index (χ1) is 5.14. The van der Waals surface area contributed by atoms with Gasteiger partial charge in [0.25, 0.3) is 0 Å². The maximum atomic E-state index is 5.26. The van der Waals surface area contributed by atoms with E-state index in [1.165, 1.54) is 0 Å². The summed E-state index contributed by atoms with van der Waals surface area (Å²) in [5.74, 6) is 0. The molecule has 0 aromatic carbocycles. The molecule has 68 valence electrons. The molecule has 0 amide bonds. The van der Waals surface area contributed by atoms with Gasteiger partial charge in [-0.2, -0.15) is 0 Å². The molecule has 0 heterocycles. The second-order valence-electron chi connectivity index (χ2n) is 2.23. The Hall–Kier alpha value is 0.274. The van der Waals surface area contributed by atoms with Crippen molar-refractivity contribution < 1.29 is 17.7 Å². The zero-order valence-corrected chi connectivity index (χ0v) is 9.87. The molecule has 0 aromatic rings. The van der Waals surface area contributed by atoms with Gasteiger partial charge in [-0.05, 0) is 6.55 Å². The zero-order valence-electron chi connectivity index (χ0n) is 7.71. The summed E-state index contributed by atoms with van der Waals surface area (Å²) in [6, 6.07) is 0.